The molecule has 1 N–H and O–H groups in total. The molecule has 3 heterocycles. The average Bonchev–Trinajstić information content (AvgIpc) is 3.12. The highest BCUT2D eigenvalue weighted by Gasteiger charge is 2.32. The monoisotopic (exact) mass is 377 g/mol. The summed E-state index contributed by atoms with van der Waals surface area (Å²) in [5.41, 5.74) is 1.06. The molecule has 4 rings (SSSR count). The van der Waals surface area contributed by atoms with Crippen LogP contribution in [0.4, 0.5) is 21.7 Å². The Morgan fingerprint density at radius 1 is 1.23 bits per heavy atom. The smallest absolute Gasteiger partial charge is 0.227 e. The summed E-state index contributed by atoms with van der Waals surface area (Å²) in [6.07, 6.45) is 5.38. The van der Waals surface area contributed by atoms with Crippen LogP contribution < -0.4 is 15.0 Å². The van der Waals surface area contributed by atoms with Crippen molar-refractivity contribution >= 4 is 28.9 Å². The van der Waals surface area contributed by atoms with Gasteiger partial charge in [0.15, 0.2) is 11.6 Å². The molecule has 26 heavy (non-hydrogen) atoms. The Morgan fingerprint density at radius 3 is 2.81 bits per heavy atom. The molecule has 138 valence electrons. The maximum absolute atomic E-state index is 15.1. The first-order valence-electron chi connectivity index (χ1n) is 8.76. The molecule has 0 aliphatic carbocycles. The minimum atomic E-state index is -0.363. The van der Waals surface area contributed by atoms with Gasteiger partial charge in [0.25, 0.3) is 0 Å². The lowest BCUT2D eigenvalue weighted by Gasteiger charge is -2.39. The van der Waals surface area contributed by atoms with Gasteiger partial charge in [0.05, 0.1) is 35.9 Å². The van der Waals surface area contributed by atoms with Gasteiger partial charge in [-0.25, -0.2) is 14.4 Å². The van der Waals surface area contributed by atoms with Crippen molar-refractivity contribution in [2.45, 2.75) is 18.9 Å². The summed E-state index contributed by atoms with van der Waals surface area (Å²) >= 11 is 5.80. The van der Waals surface area contributed by atoms with E-state index in [1.54, 1.807) is 12.1 Å². The van der Waals surface area contributed by atoms with Crippen molar-refractivity contribution in [1.29, 1.82) is 0 Å². The van der Waals surface area contributed by atoms with Crippen LogP contribution in [-0.4, -0.2) is 54.2 Å². The van der Waals surface area contributed by atoms with Crippen molar-refractivity contribution in [3.63, 3.8) is 0 Å². The molecule has 1 aromatic carbocycles. The van der Waals surface area contributed by atoms with Crippen LogP contribution in [0.5, 0.6) is 5.75 Å². The number of piperazine rings is 1. The highest BCUT2D eigenvalue weighted by Crippen LogP contribution is 2.37. The van der Waals surface area contributed by atoms with Crippen molar-refractivity contribution in [2.75, 3.05) is 43.5 Å². The molecule has 2 fully saturated rings. The van der Waals surface area contributed by atoms with Crippen molar-refractivity contribution in [3.8, 4) is 5.75 Å². The van der Waals surface area contributed by atoms with Gasteiger partial charge >= 0.3 is 0 Å². The van der Waals surface area contributed by atoms with Crippen LogP contribution in [0, 0.1) is 5.82 Å². The fourth-order valence-corrected chi connectivity index (χ4v) is 3.89. The zero-order valence-corrected chi connectivity index (χ0v) is 15.3. The largest absolute Gasteiger partial charge is 0.492 e. The molecule has 0 bridgehead atoms. The number of anilines is 3. The summed E-state index contributed by atoms with van der Waals surface area (Å²) in [5.74, 6) is 0.132. The van der Waals surface area contributed by atoms with E-state index < -0.39 is 0 Å². The van der Waals surface area contributed by atoms with Crippen LogP contribution in [0.15, 0.2) is 24.5 Å². The highest BCUT2D eigenvalue weighted by atomic mass is 35.5. The molecule has 1 atom stereocenters. The van der Waals surface area contributed by atoms with Crippen molar-refractivity contribution in [3.05, 3.63) is 35.4 Å². The maximum Gasteiger partial charge on any atom is 0.227 e. The molecule has 0 spiro atoms. The number of hydrogen-bond donors (Lipinski definition) is 1. The van der Waals surface area contributed by atoms with E-state index >= 15 is 4.39 Å². The van der Waals surface area contributed by atoms with E-state index in [2.05, 4.69) is 25.1 Å². The molecule has 2 aliphatic rings. The van der Waals surface area contributed by atoms with Crippen LogP contribution in [0.2, 0.25) is 5.02 Å². The molecule has 1 aromatic heterocycles. The fourth-order valence-electron chi connectivity index (χ4n) is 3.80. The number of nitrogens with zero attached hydrogens (tertiary/aromatic N) is 4. The summed E-state index contributed by atoms with van der Waals surface area (Å²) in [4.78, 5) is 12.8. The number of rotatable bonds is 4. The van der Waals surface area contributed by atoms with E-state index in [0.717, 1.165) is 26.2 Å². The van der Waals surface area contributed by atoms with Gasteiger partial charge in [-0.15, -0.1) is 0 Å². The van der Waals surface area contributed by atoms with E-state index in [9.17, 15) is 0 Å². The number of methoxy groups -OCH3 is 1. The second-order valence-corrected chi connectivity index (χ2v) is 7.04. The first-order valence-corrected chi connectivity index (χ1v) is 9.13. The standard InChI is InChI=1S/C18H21ClFN5O/c1-26-17-14(23-18-21-9-12(19)10-22-18)4-5-15(16(17)20)25-8-7-24-6-2-3-13(24)11-25/h4-5,9-10,13H,2-3,6-8,11H2,1H3,(H,21,22,23). The molecule has 8 heteroatoms. The third kappa shape index (κ3) is 3.29. The molecule has 6 nitrogen and oxygen atoms in total. The summed E-state index contributed by atoms with van der Waals surface area (Å²) < 4.78 is 20.5. The minimum absolute atomic E-state index is 0.162. The molecule has 2 saturated heterocycles. The van der Waals surface area contributed by atoms with E-state index in [1.807, 2.05) is 0 Å². The number of hydrogen-bond acceptors (Lipinski definition) is 6. The number of fused-ring (bicyclic) bond motifs is 1. The predicted molar refractivity (Wildman–Crippen MR) is 100 cm³/mol. The second-order valence-electron chi connectivity index (χ2n) is 6.61. The number of halogens is 2. The van der Waals surface area contributed by atoms with Gasteiger partial charge < -0.3 is 15.0 Å². The lowest BCUT2D eigenvalue weighted by Crippen LogP contribution is -2.50. The van der Waals surface area contributed by atoms with Crippen LogP contribution in [0.3, 0.4) is 0 Å². The molecular weight excluding hydrogens is 357 g/mol. The van der Waals surface area contributed by atoms with Crippen LogP contribution >= 0.6 is 11.6 Å². The maximum atomic E-state index is 15.1. The molecule has 0 amide bonds. The lowest BCUT2D eigenvalue weighted by molar-refractivity contribution is 0.230. The van der Waals surface area contributed by atoms with Gasteiger partial charge in [-0.2, -0.15) is 0 Å². The van der Waals surface area contributed by atoms with E-state index in [4.69, 9.17) is 16.3 Å². The Bertz CT molecular complexity index is 788. The summed E-state index contributed by atoms with van der Waals surface area (Å²) in [6.45, 7) is 3.82. The predicted octanol–water partition coefficient (Wildman–Crippen LogP) is 3.31. The molecule has 2 aromatic rings. The van der Waals surface area contributed by atoms with E-state index in [1.165, 1.54) is 32.3 Å². The Morgan fingerprint density at radius 2 is 2.04 bits per heavy atom. The van der Waals surface area contributed by atoms with Gasteiger partial charge in [-0.1, -0.05) is 11.6 Å². The van der Waals surface area contributed by atoms with Crippen molar-refractivity contribution in [2.24, 2.45) is 0 Å². The van der Waals surface area contributed by atoms with Crippen LogP contribution in [0.1, 0.15) is 12.8 Å². The summed E-state index contributed by atoms with van der Waals surface area (Å²) in [6, 6.07) is 4.12. The number of aromatic nitrogens is 2. The molecule has 1 unspecified atom stereocenters. The summed E-state index contributed by atoms with van der Waals surface area (Å²) in [5, 5.41) is 3.43. The Labute approximate surface area is 156 Å². The normalized spacial score (nSPS) is 20.1. The first kappa shape index (κ1) is 17.3. The van der Waals surface area contributed by atoms with Crippen LogP contribution in [-0.2, 0) is 0 Å². The fraction of sp³-hybridized carbons (Fsp3) is 0.444. The van der Waals surface area contributed by atoms with E-state index in [-0.39, 0.29) is 11.6 Å². The van der Waals surface area contributed by atoms with Gasteiger partial charge in [0.2, 0.25) is 5.95 Å². The molecule has 0 saturated carbocycles. The quantitative estimate of drug-likeness (QED) is 0.882. The SMILES string of the molecule is COc1c(Nc2ncc(Cl)cn2)ccc(N2CCN3CCCC3C2)c1F. The van der Waals surface area contributed by atoms with Crippen molar-refractivity contribution in [1.82, 2.24) is 14.9 Å². The second kappa shape index (κ2) is 7.25. The van der Waals surface area contributed by atoms with Crippen LogP contribution in [0.25, 0.3) is 0 Å². The van der Waals surface area contributed by atoms with Gasteiger partial charge in [-0.05, 0) is 31.5 Å². The third-order valence-corrected chi connectivity index (χ3v) is 5.27. The van der Waals surface area contributed by atoms with Gasteiger partial charge in [-0.3, -0.25) is 4.90 Å². The molecular formula is C18H21ClFN5O. The van der Waals surface area contributed by atoms with Crippen molar-refractivity contribution < 1.29 is 9.13 Å². The molecule has 0 radical (unpaired) electrons. The molecule has 2 aliphatic heterocycles. The first-order chi connectivity index (χ1) is 12.7. The zero-order valence-electron chi connectivity index (χ0n) is 14.6. The number of nitrogens with one attached hydrogen (secondary N) is 1. The van der Waals surface area contributed by atoms with E-state index in [0.29, 0.717) is 28.4 Å². The number of ether oxygens (including phenoxy) is 1. The topological polar surface area (TPSA) is 53.5 Å². The number of benzene rings is 1. The lowest BCUT2D eigenvalue weighted by atomic mass is 10.1. The minimum Gasteiger partial charge on any atom is -0.492 e. The van der Waals surface area contributed by atoms with Gasteiger partial charge in [0.1, 0.15) is 0 Å². The highest BCUT2D eigenvalue weighted by molar-refractivity contribution is 6.30. The average molecular weight is 378 g/mol. The Hall–Kier alpha value is -2.12. The summed E-state index contributed by atoms with van der Waals surface area (Å²) in [7, 11) is 1.46. The third-order valence-electron chi connectivity index (χ3n) is 5.08. The Balaban J connectivity index is 1.58. The van der Waals surface area contributed by atoms with Gasteiger partial charge in [0, 0.05) is 25.7 Å². The zero-order chi connectivity index (χ0) is 18.1. The Kier molecular flexibility index (Phi) is 4.82.